The van der Waals surface area contributed by atoms with E-state index >= 15 is 0 Å². The summed E-state index contributed by atoms with van der Waals surface area (Å²) in [5.41, 5.74) is 2.59. The zero-order valence-corrected chi connectivity index (χ0v) is 12.1. The summed E-state index contributed by atoms with van der Waals surface area (Å²) in [5, 5.41) is 4.71. The topological polar surface area (TPSA) is 25.2 Å². The molecule has 1 aromatic carbocycles. The minimum absolute atomic E-state index is 0.321. The lowest BCUT2D eigenvalue weighted by Gasteiger charge is -2.32. The zero-order valence-electron chi connectivity index (χ0n) is 12.1. The number of hydrogen-bond acceptors (Lipinski definition) is 2. The highest BCUT2D eigenvalue weighted by atomic mass is 16.3. The molecule has 1 aliphatic carbocycles. The van der Waals surface area contributed by atoms with Gasteiger partial charge in [0.2, 0.25) is 0 Å². The standard InChI is InChI=1S/C17H23NO/c1-12-7-6-8-13-11-14(19-15(12)13)16(18-3)17(2)9-4-5-10-17/h6-8,11,16,18H,4-5,9-10H2,1-3H3. The van der Waals surface area contributed by atoms with Crippen molar-refractivity contribution in [3.63, 3.8) is 0 Å². The van der Waals surface area contributed by atoms with Crippen LogP contribution in [0.2, 0.25) is 0 Å². The first-order chi connectivity index (χ1) is 9.14. The fourth-order valence-corrected chi connectivity index (χ4v) is 3.68. The summed E-state index contributed by atoms with van der Waals surface area (Å²) in [7, 11) is 2.05. The third kappa shape index (κ3) is 2.08. The molecule has 1 N–H and O–H groups in total. The van der Waals surface area contributed by atoms with Crippen molar-refractivity contribution in [2.24, 2.45) is 5.41 Å². The summed E-state index contributed by atoms with van der Waals surface area (Å²) < 4.78 is 6.17. The molecule has 1 aromatic heterocycles. The molecule has 1 saturated carbocycles. The zero-order chi connectivity index (χ0) is 13.5. The number of benzene rings is 1. The van der Waals surface area contributed by atoms with Crippen molar-refractivity contribution < 1.29 is 4.42 Å². The fourth-order valence-electron chi connectivity index (χ4n) is 3.68. The molecular formula is C17H23NO. The molecule has 0 spiro atoms. The van der Waals surface area contributed by atoms with Crippen LogP contribution in [0.15, 0.2) is 28.7 Å². The lowest BCUT2D eigenvalue weighted by Crippen LogP contribution is -2.31. The predicted molar refractivity (Wildman–Crippen MR) is 79.3 cm³/mol. The summed E-state index contributed by atoms with van der Waals surface area (Å²) in [6.45, 7) is 4.50. The molecule has 2 heteroatoms. The van der Waals surface area contributed by atoms with Crippen LogP contribution in [0.3, 0.4) is 0 Å². The number of rotatable bonds is 3. The number of para-hydroxylation sites is 1. The van der Waals surface area contributed by atoms with Gasteiger partial charge in [-0.3, -0.25) is 0 Å². The average molecular weight is 257 g/mol. The Kier molecular flexibility index (Phi) is 3.14. The van der Waals surface area contributed by atoms with Gasteiger partial charge in [0.1, 0.15) is 11.3 Å². The first-order valence-electron chi connectivity index (χ1n) is 7.30. The van der Waals surface area contributed by atoms with Crippen molar-refractivity contribution in [2.45, 2.75) is 45.6 Å². The quantitative estimate of drug-likeness (QED) is 0.870. The molecule has 1 heterocycles. The molecule has 0 bridgehead atoms. The van der Waals surface area contributed by atoms with Gasteiger partial charge in [-0.05, 0) is 43.9 Å². The molecule has 1 fully saturated rings. The van der Waals surface area contributed by atoms with E-state index < -0.39 is 0 Å². The Morgan fingerprint density at radius 1 is 1.26 bits per heavy atom. The highest BCUT2D eigenvalue weighted by Gasteiger charge is 2.38. The lowest BCUT2D eigenvalue weighted by atomic mass is 9.79. The molecule has 1 atom stereocenters. The normalized spacial score (nSPS) is 19.9. The van der Waals surface area contributed by atoms with Gasteiger partial charge >= 0.3 is 0 Å². The van der Waals surface area contributed by atoms with Crippen molar-refractivity contribution >= 4 is 11.0 Å². The number of furan rings is 1. The number of fused-ring (bicyclic) bond motifs is 1. The number of nitrogens with one attached hydrogen (secondary N) is 1. The van der Waals surface area contributed by atoms with Crippen LogP contribution in [0.1, 0.15) is 50.0 Å². The van der Waals surface area contributed by atoms with Crippen LogP contribution in [-0.2, 0) is 0 Å². The molecule has 0 aliphatic heterocycles. The number of hydrogen-bond donors (Lipinski definition) is 1. The van der Waals surface area contributed by atoms with Crippen LogP contribution >= 0.6 is 0 Å². The van der Waals surface area contributed by atoms with E-state index in [0.29, 0.717) is 11.5 Å². The molecule has 2 aromatic rings. The fraction of sp³-hybridized carbons (Fsp3) is 0.529. The van der Waals surface area contributed by atoms with Gasteiger partial charge in [0.15, 0.2) is 0 Å². The van der Waals surface area contributed by atoms with E-state index in [4.69, 9.17) is 4.42 Å². The largest absolute Gasteiger partial charge is 0.459 e. The monoisotopic (exact) mass is 257 g/mol. The van der Waals surface area contributed by atoms with E-state index in [1.807, 2.05) is 7.05 Å². The smallest absolute Gasteiger partial charge is 0.137 e. The average Bonchev–Trinajstić information content (AvgIpc) is 2.98. The molecule has 0 radical (unpaired) electrons. The highest BCUT2D eigenvalue weighted by Crippen LogP contribution is 2.47. The van der Waals surface area contributed by atoms with Crippen molar-refractivity contribution in [3.05, 3.63) is 35.6 Å². The minimum Gasteiger partial charge on any atom is -0.459 e. The number of aryl methyl sites for hydroxylation is 1. The third-order valence-corrected chi connectivity index (χ3v) is 4.78. The SMILES string of the molecule is CNC(c1cc2cccc(C)c2o1)C1(C)CCCC1. The Morgan fingerprint density at radius 2 is 2.00 bits per heavy atom. The molecule has 1 unspecified atom stereocenters. The molecule has 102 valence electrons. The van der Waals surface area contributed by atoms with Crippen molar-refractivity contribution in [2.75, 3.05) is 7.05 Å². The van der Waals surface area contributed by atoms with E-state index in [2.05, 4.69) is 43.4 Å². The first kappa shape index (κ1) is 12.7. The van der Waals surface area contributed by atoms with E-state index in [1.54, 1.807) is 0 Å². The van der Waals surface area contributed by atoms with Crippen LogP contribution in [0.4, 0.5) is 0 Å². The Labute approximate surface area is 115 Å². The molecule has 19 heavy (non-hydrogen) atoms. The van der Waals surface area contributed by atoms with Crippen LogP contribution < -0.4 is 5.32 Å². The van der Waals surface area contributed by atoms with Crippen LogP contribution in [0, 0.1) is 12.3 Å². The van der Waals surface area contributed by atoms with Gasteiger partial charge in [0.25, 0.3) is 0 Å². The molecule has 0 saturated heterocycles. The second-order valence-corrected chi connectivity index (χ2v) is 6.22. The molecular weight excluding hydrogens is 234 g/mol. The maximum absolute atomic E-state index is 6.17. The first-order valence-corrected chi connectivity index (χ1v) is 7.30. The maximum Gasteiger partial charge on any atom is 0.137 e. The van der Waals surface area contributed by atoms with Gasteiger partial charge in [-0.25, -0.2) is 0 Å². The van der Waals surface area contributed by atoms with E-state index in [1.165, 1.54) is 36.6 Å². The van der Waals surface area contributed by atoms with Crippen molar-refractivity contribution in [3.8, 4) is 0 Å². The van der Waals surface area contributed by atoms with Gasteiger partial charge in [-0.2, -0.15) is 0 Å². The van der Waals surface area contributed by atoms with Crippen molar-refractivity contribution in [1.29, 1.82) is 0 Å². The second-order valence-electron chi connectivity index (χ2n) is 6.22. The van der Waals surface area contributed by atoms with Gasteiger partial charge in [-0.15, -0.1) is 0 Å². The molecule has 3 rings (SSSR count). The predicted octanol–water partition coefficient (Wildman–Crippen LogP) is 4.58. The Balaban J connectivity index is 2.04. The summed E-state index contributed by atoms with van der Waals surface area (Å²) in [6, 6.07) is 8.89. The molecule has 1 aliphatic rings. The van der Waals surface area contributed by atoms with Crippen molar-refractivity contribution in [1.82, 2.24) is 5.32 Å². The summed E-state index contributed by atoms with van der Waals surface area (Å²) >= 11 is 0. The Bertz CT molecular complexity index is 578. The van der Waals surface area contributed by atoms with Gasteiger partial charge in [0, 0.05) is 5.39 Å². The Hall–Kier alpha value is -1.28. The summed E-state index contributed by atoms with van der Waals surface area (Å²) in [5.74, 6) is 1.09. The lowest BCUT2D eigenvalue weighted by molar-refractivity contribution is 0.209. The van der Waals surface area contributed by atoms with Gasteiger partial charge in [-0.1, -0.05) is 38.0 Å². The van der Waals surface area contributed by atoms with Crippen LogP contribution in [0.5, 0.6) is 0 Å². The molecule has 0 amide bonds. The van der Waals surface area contributed by atoms with Crippen LogP contribution in [0.25, 0.3) is 11.0 Å². The highest BCUT2D eigenvalue weighted by molar-refractivity contribution is 5.81. The second kappa shape index (κ2) is 4.68. The van der Waals surface area contributed by atoms with E-state index in [9.17, 15) is 0 Å². The van der Waals surface area contributed by atoms with E-state index in [-0.39, 0.29) is 0 Å². The summed E-state index contributed by atoms with van der Waals surface area (Å²) in [6.07, 6.45) is 5.25. The van der Waals surface area contributed by atoms with Crippen LogP contribution in [-0.4, -0.2) is 7.05 Å². The summed E-state index contributed by atoms with van der Waals surface area (Å²) in [4.78, 5) is 0. The maximum atomic E-state index is 6.17. The van der Waals surface area contributed by atoms with Gasteiger partial charge < -0.3 is 9.73 Å². The Morgan fingerprint density at radius 3 is 2.63 bits per heavy atom. The molecule has 2 nitrogen and oxygen atoms in total. The van der Waals surface area contributed by atoms with Gasteiger partial charge in [0.05, 0.1) is 6.04 Å². The minimum atomic E-state index is 0.321. The third-order valence-electron chi connectivity index (χ3n) is 4.78. The van der Waals surface area contributed by atoms with E-state index in [0.717, 1.165) is 11.3 Å².